The number of furan rings is 1. The van der Waals surface area contributed by atoms with Crippen molar-refractivity contribution in [2.24, 2.45) is 0 Å². The normalized spacial score (nSPS) is 14.5. The second-order valence-electron chi connectivity index (χ2n) is 5.39. The summed E-state index contributed by atoms with van der Waals surface area (Å²) in [6, 6.07) is 12.1. The molecule has 0 saturated heterocycles. The number of hydrogen-bond donors (Lipinski definition) is 1. The van der Waals surface area contributed by atoms with Gasteiger partial charge in [-0.1, -0.05) is 37.3 Å². The minimum absolute atomic E-state index is 0.132. The smallest absolute Gasteiger partial charge is 0.0947 e. The van der Waals surface area contributed by atoms with Gasteiger partial charge in [0.05, 0.1) is 19.1 Å². The maximum atomic E-state index is 9.77. The summed E-state index contributed by atoms with van der Waals surface area (Å²) in [7, 11) is 2.06. The third-order valence-corrected chi connectivity index (χ3v) is 3.47. The molecule has 2 aromatic rings. The second-order valence-corrected chi connectivity index (χ2v) is 5.39. The molecule has 3 heteroatoms. The SMILES string of the molecule is CN(Cc1ccoc1)CC(C)(CO)c1ccccc1. The first-order chi connectivity index (χ1) is 9.14. The number of aliphatic hydroxyl groups is 1. The van der Waals surface area contributed by atoms with E-state index >= 15 is 0 Å². The van der Waals surface area contributed by atoms with Gasteiger partial charge in [0.2, 0.25) is 0 Å². The molecule has 0 aliphatic rings. The molecule has 1 unspecified atom stereocenters. The lowest BCUT2D eigenvalue weighted by molar-refractivity contribution is 0.155. The Bertz CT molecular complexity index is 481. The van der Waals surface area contributed by atoms with E-state index in [4.69, 9.17) is 4.42 Å². The average molecular weight is 259 g/mol. The lowest BCUT2D eigenvalue weighted by Gasteiger charge is -2.32. The molecule has 3 nitrogen and oxygen atoms in total. The monoisotopic (exact) mass is 259 g/mol. The predicted molar refractivity (Wildman–Crippen MR) is 75.9 cm³/mol. The molecule has 0 aliphatic carbocycles. The molecule has 0 spiro atoms. The number of benzene rings is 1. The van der Waals surface area contributed by atoms with Crippen LogP contribution in [0.25, 0.3) is 0 Å². The highest BCUT2D eigenvalue weighted by atomic mass is 16.3. The molecule has 0 bridgehead atoms. The lowest BCUT2D eigenvalue weighted by Crippen LogP contribution is -2.39. The second kappa shape index (κ2) is 6.04. The van der Waals surface area contributed by atoms with Crippen molar-refractivity contribution in [2.45, 2.75) is 18.9 Å². The van der Waals surface area contributed by atoms with E-state index in [0.717, 1.165) is 24.2 Å². The van der Waals surface area contributed by atoms with E-state index in [-0.39, 0.29) is 12.0 Å². The summed E-state index contributed by atoms with van der Waals surface area (Å²) in [5, 5.41) is 9.77. The Balaban J connectivity index is 2.06. The van der Waals surface area contributed by atoms with Gasteiger partial charge >= 0.3 is 0 Å². The van der Waals surface area contributed by atoms with Crippen LogP contribution in [0.3, 0.4) is 0 Å². The largest absolute Gasteiger partial charge is 0.472 e. The molecular weight excluding hydrogens is 238 g/mol. The van der Waals surface area contributed by atoms with Crippen molar-refractivity contribution in [3.8, 4) is 0 Å². The lowest BCUT2D eigenvalue weighted by atomic mass is 9.83. The summed E-state index contributed by atoms with van der Waals surface area (Å²) < 4.78 is 5.08. The topological polar surface area (TPSA) is 36.6 Å². The van der Waals surface area contributed by atoms with Crippen molar-refractivity contribution in [1.82, 2.24) is 4.90 Å². The van der Waals surface area contributed by atoms with Crippen LogP contribution in [0.1, 0.15) is 18.1 Å². The average Bonchev–Trinajstić information content (AvgIpc) is 2.92. The van der Waals surface area contributed by atoms with Gasteiger partial charge in [0, 0.05) is 24.1 Å². The zero-order valence-electron chi connectivity index (χ0n) is 11.5. The molecule has 1 atom stereocenters. The quantitative estimate of drug-likeness (QED) is 0.866. The van der Waals surface area contributed by atoms with Crippen molar-refractivity contribution in [3.63, 3.8) is 0 Å². The molecule has 0 aliphatic heterocycles. The van der Waals surface area contributed by atoms with Gasteiger partial charge < -0.3 is 14.4 Å². The highest BCUT2D eigenvalue weighted by Gasteiger charge is 2.27. The van der Waals surface area contributed by atoms with Gasteiger partial charge in [-0.2, -0.15) is 0 Å². The molecule has 0 saturated carbocycles. The molecule has 1 aromatic carbocycles. The van der Waals surface area contributed by atoms with Crippen LogP contribution in [0.4, 0.5) is 0 Å². The Morgan fingerprint density at radius 3 is 2.53 bits per heavy atom. The molecule has 0 amide bonds. The number of likely N-dealkylation sites (N-methyl/N-ethyl adjacent to an activating group) is 1. The van der Waals surface area contributed by atoms with E-state index in [0.29, 0.717) is 0 Å². The summed E-state index contributed by atoms with van der Waals surface area (Å²) in [4.78, 5) is 2.20. The molecule has 1 heterocycles. The standard InChI is InChI=1S/C16H21NO2/c1-16(13-18,15-6-4-3-5-7-15)12-17(2)10-14-8-9-19-11-14/h3-9,11,18H,10,12-13H2,1-2H3. The summed E-state index contributed by atoms with van der Waals surface area (Å²) in [5.41, 5.74) is 2.06. The molecule has 0 radical (unpaired) electrons. The zero-order chi connectivity index (χ0) is 13.7. The molecule has 1 N–H and O–H groups in total. The fraction of sp³-hybridized carbons (Fsp3) is 0.375. The van der Waals surface area contributed by atoms with Gasteiger partial charge in [-0.15, -0.1) is 0 Å². The van der Waals surface area contributed by atoms with Crippen molar-refractivity contribution in [1.29, 1.82) is 0 Å². The number of rotatable bonds is 6. The highest BCUT2D eigenvalue weighted by Crippen LogP contribution is 2.24. The van der Waals surface area contributed by atoms with Crippen LogP contribution >= 0.6 is 0 Å². The molecule has 0 fully saturated rings. The van der Waals surface area contributed by atoms with E-state index in [1.54, 1.807) is 12.5 Å². The Kier molecular flexibility index (Phi) is 4.40. The summed E-state index contributed by atoms with van der Waals surface area (Å²) in [5.74, 6) is 0. The number of nitrogens with zero attached hydrogens (tertiary/aromatic N) is 1. The van der Waals surface area contributed by atoms with Crippen LogP contribution in [0.5, 0.6) is 0 Å². The molecule has 19 heavy (non-hydrogen) atoms. The van der Waals surface area contributed by atoms with Gasteiger partial charge in [-0.05, 0) is 18.7 Å². The number of hydrogen-bond acceptors (Lipinski definition) is 3. The van der Waals surface area contributed by atoms with Gasteiger partial charge in [-0.25, -0.2) is 0 Å². The Morgan fingerprint density at radius 1 is 1.21 bits per heavy atom. The molecule has 1 aromatic heterocycles. The van der Waals surface area contributed by atoms with Crippen LogP contribution < -0.4 is 0 Å². The van der Waals surface area contributed by atoms with E-state index in [1.807, 2.05) is 24.3 Å². The predicted octanol–water partition coefficient (Wildman–Crippen LogP) is 2.66. The van der Waals surface area contributed by atoms with Crippen LogP contribution in [-0.4, -0.2) is 30.2 Å². The van der Waals surface area contributed by atoms with E-state index in [1.165, 1.54) is 0 Å². The summed E-state index contributed by atoms with van der Waals surface area (Å²) in [6.45, 7) is 3.83. The van der Waals surface area contributed by atoms with Crippen molar-refractivity contribution in [3.05, 3.63) is 60.1 Å². The third-order valence-electron chi connectivity index (χ3n) is 3.47. The molecular formula is C16H21NO2. The van der Waals surface area contributed by atoms with Gasteiger partial charge in [0.1, 0.15) is 0 Å². The summed E-state index contributed by atoms with van der Waals surface area (Å²) >= 11 is 0. The first-order valence-corrected chi connectivity index (χ1v) is 6.50. The van der Waals surface area contributed by atoms with Crippen molar-refractivity contribution >= 4 is 0 Å². The van der Waals surface area contributed by atoms with E-state index < -0.39 is 0 Å². The van der Waals surface area contributed by atoms with Gasteiger partial charge in [-0.3, -0.25) is 0 Å². The van der Waals surface area contributed by atoms with Crippen LogP contribution in [-0.2, 0) is 12.0 Å². The Hall–Kier alpha value is -1.58. The Labute approximate surface area is 114 Å². The maximum Gasteiger partial charge on any atom is 0.0947 e. The van der Waals surface area contributed by atoms with Crippen LogP contribution in [0.2, 0.25) is 0 Å². The maximum absolute atomic E-state index is 9.77. The summed E-state index contributed by atoms with van der Waals surface area (Å²) in [6.07, 6.45) is 3.45. The third kappa shape index (κ3) is 3.46. The minimum Gasteiger partial charge on any atom is -0.472 e. The van der Waals surface area contributed by atoms with Crippen LogP contribution in [0, 0.1) is 0 Å². The van der Waals surface area contributed by atoms with Gasteiger partial charge in [0.15, 0.2) is 0 Å². The van der Waals surface area contributed by atoms with Gasteiger partial charge in [0.25, 0.3) is 0 Å². The first kappa shape index (κ1) is 13.8. The number of aliphatic hydroxyl groups excluding tert-OH is 1. The van der Waals surface area contributed by atoms with Crippen molar-refractivity contribution < 1.29 is 9.52 Å². The Morgan fingerprint density at radius 2 is 1.95 bits per heavy atom. The molecule has 2 rings (SSSR count). The highest BCUT2D eigenvalue weighted by molar-refractivity contribution is 5.25. The van der Waals surface area contributed by atoms with Crippen molar-refractivity contribution in [2.75, 3.05) is 20.2 Å². The van der Waals surface area contributed by atoms with E-state index in [2.05, 4.69) is 31.0 Å². The minimum atomic E-state index is -0.250. The zero-order valence-corrected chi connectivity index (χ0v) is 11.5. The fourth-order valence-electron chi connectivity index (χ4n) is 2.42. The van der Waals surface area contributed by atoms with Crippen LogP contribution in [0.15, 0.2) is 53.3 Å². The molecule has 102 valence electrons. The first-order valence-electron chi connectivity index (χ1n) is 6.50. The van der Waals surface area contributed by atoms with E-state index in [9.17, 15) is 5.11 Å². The fourth-order valence-corrected chi connectivity index (χ4v) is 2.42.